The molecule has 0 heterocycles. The summed E-state index contributed by atoms with van der Waals surface area (Å²) in [6.45, 7) is 8.78. The average Bonchev–Trinajstić information content (AvgIpc) is 2.28. The summed E-state index contributed by atoms with van der Waals surface area (Å²) in [4.78, 5) is 11.8. The normalized spacial score (nSPS) is 12.9. The third-order valence-corrected chi connectivity index (χ3v) is 3.09. The lowest BCUT2D eigenvalue weighted by Gasteiger charge is -2.28. The molecule has 0 aliphatic carbocycles. The van der Waals surface area contributed by atoms with Gasteiger partial charge in [0.2, 0.25) is 0 Å². The van der Waals surface area contributed by atoms with Crippen LogP contribution in [-0.4, -0.2) is 12.1 Å². The van der Waals surface area contributed by atoms with Gasteiger partial charge < -0.3 is 16.4 Å². The van der Waals surface area contributed by atoms with Gasteiger partial charge in [-0.25, -0.2) is 4.79 Å². The van der Waals surface area contributed by atoms with E-state index in [4.69, 9.17) is 5.73 Å². The van der Waals surface area contributed by atoms with Crippen LogP contribution in [0.15, 0.2) is 24.3 Å². The van der Waals surface area contributed by atoms with Crippen molar-refractivity contribution >= 4 is 11.7 Å². The fourth-order valence-electron chi connectivity index (χ4n) is 1.30. The highest BCUT2D eigenvalue weighted by Crippen LogP contribution is 2.18. The zero-order valence-electron chi connectivity index (χ0n) is 11.6. The van der Waals surface area contributed by atoms with Crippen molar-refractivity contribution in [3.63, 3.8) is 0 Å². The molecule has 18 heavy (non-hydrogen) atoms. The average molecular weight is 249 g/mol. The molecule has 100 valence electrons. The van der Waals surface area contributed by atoms with Gasteiger partial charge in [0, 0.05) is 18.3 Å². The fourth-order valence-corrected chi connectivity index (χ4v) is 1.30. The molecular formula is C14H23N3O. The lowest BCUT2D eigenvalue weighted by molar-refractivity contribution is 0.233. The Labute approximate surface area is 109 Å². The van der Waals surface area contributed by atoms with Crippen LogP contribution in [0.4, 0.5) is 10.5 Å². The molecule has 1 aromatic rings. The lowest BCUT2D eigenvalue weighted by atomic mass is 9.88. The van der Waals surface area contributed by atoms with Crippen molar-refractivity contribution < 1.29 is 4.79 Å². The summed E-state index contributed by atoms with van der Waals surface area (Å²) in [5.74, 6) is 0. The number of anilines is 1. The van der Waals surface area contributed by atoms with Gasteiger partial charge in [-0.2, -0.15) is 0 Å². The fraction of sp³-hybridized carbons (Fsp3) is 0.500. The van der Waals surface area contributed by atoms with Crippen LogP contribution in [0.5, 0.6) is 0 Å². The molecule has 0 aliphatic rings. The molecule has 0 fully saturated rings. The van der Waals surface area contributed by atoms with Crippen LogP contribution in [-0.2, 0) is 6.54 Å². The molecule has 1 aromatic carbocycles. The van der Waals surface area contributed by atoms with Crippen LogP contribution in [0, 0.1) is 5.41 Å². The van der Waals surface area contributed by atoms with Gasteiger partial charge in [0.15, 0.2) is 0 Å². The number of rotatable bonds is 3. The Morgan fingerprint density at radius 1 is 1.28 bits per heavy atom. The van der Waals surface area contributed by atoms with Crippen molar-refractivity contribution in [3.05, 3.63) is 29.8 Å². The molecule has 4 N–H and O–H groups in total. The maximum atomic E-state index is 11.8. The molecule has 0 radical (unpaired) electrons. The highest BCUT2D eigenvalue weighted by molar-refractivity contribution is 5.89. The number of nitrogens with two attached hydrogens (primary N) is 1. The second-order valence-corrected chi connectivity index (χ2v) is 5.59. The second kappa shape index (κ2) is 5.87. The third-order valence-electron chi connectivity index (χ3n) is 3.09. The van der Waals surface area contributed by atoms with E-state index in [1.165, 1.54) is 0 Å². The molecule has 0 aromatic heterocycles. The van der Waals surface area contributed by atoms with E-state index in [0.29, 0.717) is 6.54 Å². The molecule has 1 unspecified atom stereocenters. The highest BCUT2D eigenvalue weighted by atomic mass is 16.2. The maximum Gasteiger partial charge on any atom is 0.319 e. The predicted molar refractivity (Wildman–Crippen MR) is 75.4 cm³/mol. The first-order chi connectivity index (χ1) is 8.32. The summed E-state index contributed by atoms with van der Waals surface area (Å²) >= 11 is 0. The number of urea groups is 1. The summed E-state index contributed by atoms with van der Waals surface area (Å²) < 4.78 is 0. The smallest absolute Gasteiger partial charge is 0.319 e. The van der Waals surface area contributed by atoms with Crippen molar-refractivity contribution in [3.8, 4) is 0 Å². The first-order valence-corrected chi connectivity index (χ1v) is 6.19. The van der Waals surface area contributed by atoms with Crippen molar-refractivity contribution in [2.75, 3.05) is 5.32 Å². The van der Waals surface area contributed by atoms with Crippen LogP contribution in [0.1, 0.15) is 33.3 Å². The van der Waals surface area contributed by atoms with E-state index in [1.54, 1.807) is 0 Å². The van der Waals surface area contributed by atoms with Gasteiger partial charge in [-0.3, -0.25) is 0 Å². The van der Waals surface area contributed by atoms with Gasteiger partial charge >= 0.3 is 6.03 Å². The Kier molecular flexibility index (Phi) is 4.73. The number of nitrogens with one attached hydrogen (secondary N) is 2. The third kappa shape index (κ3) is 4.37. The Bertz CT molecular complexity index is 392. The van der Waals surface area contributed by atoms with Gasteiger partial charge in [-0.1, -0.05) is 32.9 Å². The Morgan fingerprint density at radius 2 is 1.83 bits per heavy atom. The summed E-state index contributed by atoms with van der Waals surface area (Å²) in [5, 5.41) is 5.73. The molecule has 0 bridgehead atoms. The summed E-state index contributed by atoms with van der Waals surface area (Å²) in [6, 6.07) is 7.43. The summed E-state index contributed by atoms with van der Waals surface area (Å²) in [6.07, 6.45) is 0. The molecule has 4 nitrogen and oxygen atoms in total. The first-order valence-electron chi connectivity index (χ1n) is 6.19. The van der Waals surface area contributed by atoms with Crippen molar-refractivity contribution in [2.45, 2.75) is 40.3 Å². The number of carbonyl (C=O) groups excluding carboxylic acids is 1. The monoisotopic (exact) mass is 249 g/mol. The van der Waals surface area contributed by atoms with Gasteiger partial charge in [0.05, 0.1) is 0 Å². The molecule has 0 spiro atoms. The number of hydrogen-bond acceptors (Lipinski definition) is 2. The lowest BCUT2D eigenvalue weighted by Crippen LogP contribution is -2.43. The Morgan fingerprint density at radius 3 is 2.28 bits per heavy atom. The molecule has 2 amide bonds. The number of amides is 2. The highest BCUT2D eigenvalue weighted by Gasteiger charge is 2.21. The number of hydrogen-bond donors (Lipinski definition) is 3. The van der Waals surface area contributed by atoms with E-state index < -0.39 is 0 Å². The van der Waals surface area contributed by atoms with Crippen LogP contribution < -0.4 is 16.4 Å². The van der Waals surface area contributed by atoms with Crippen LogP contribution in [0.3, 0.4) is 0 Å². The number of benzene rings is 1. The van der Waals surface area contributed by atoms with E-state index >= 15 is 0 Å². The summed E-state index contributed by atoms with van der Waals surface area (Å²) in [5.41, 5.74) is 7.37. The van der Waals surface area contributed by atoms with Gasteiger partial charge in [0.25, 0.3) is 0 Å². The van der Waals surface area contributed by atoms with Gasteiger partial charge in [-0.15, -0.1) is 0 Å². The van der Waals surface area contributed by atoms with E-state index in [-0.39, 0.29) is 17.5 Å². The van der Waals surface area contributed by atoms with E-state index in [2.05, 4.69) is 31.4 Å². The minimum atomic E-state index is -0.182. The van der Waals surface area contributed by atoms with Crippen molar-refractivity contribution in [1.29, 1.82) is 0 Å². The van der Waals surface area contributed by atoms with Crippen LogP contribution in [0.2, 0.25) is 0 Å². The minimum absolute atomic E-state index is 0.0424. The van der Waals surface area contributed by atoms with E-state index in [9.17, 15) is 4.79 Å². The molecular weight excluding hydrogens is 226 g/mol. The molecule has 0 aliphatic heterocycles. The largest absolute Gasteiger partial charge is 0.335 e. The second-order valence-electron chi connectivity index (χ2n) is 5.59. The van der Waals surface area contributed by atoms with Crippen LogP contribution >= 0.6 is 0 Å². The van der Waals surface area contributed by atoms with E-state index in [1.807, 2.05) is 31.2 Å². The Balaban J connectivity index is 2.54. The minimum Gasteiger partial charge on any atom is -0.335 e. The van der Waals surface area contributed by atoms with Gasteiger partial charge in [0.1, 0.15) is 0 Å². The predicted octanol–water partition coefficient (Wildman–Crippen LogP) is 2.70. The standard InChI is InChI=1S/C14H23N3O/c1-10(14(2,3)4)16-13(18)17-12-7-5-11(9-15)6-8-12/h5-8,10H,9,15H2,1-4H3,(H2,16,17,18). The molecule has 1 rings (SSSR count). The molecule has 4 heteroatoms. The SMILES string of the molecule is CC(NC(=O)Nc1ccc(CN)cc1)C(C)(C)C. The number of carbonyl (C=O) groups is 1. The van der Waals surface area contributed by atoms with Gasteiger partial charge in [-0.05, 0) is 30.0 Å². The Hall–Kier alpha value is -1.55. The maximum absolute atomic E-state index is 11.8. The zero-order valence-corrected chi connectivity index (χ0v) is 11.6. The van der Waals surface area contributed by atoms with E-state index in [0.717, 1.165) is 11.3 Å². The van der Waals surface area contributed by atoms with Crippen molar-refractivity contribution in [2.24, 2.45) is 11.1 Å². The quantitative estimate of drug-likeness (QED) is 0.771. The zero-order chi connectivity index (χ0) is 13.8. The molecule has 0 saturated heterocycles. The molecule has 1 atom stereocenters. The molecule has 0 saturated carbocycles. The van der Waals surface area contributed by atoms with Crippen molar-refractivity contribution in [1.82, 2.24) is 5.32 Å². The topological polar surface area (TPSA) is 67.2 Å². The first kappa shape index (κ1) is 14.5. The summed E-state index contributed by atoms with van der Waals surface area (Å²) in [7, 11) is 0. The van der Waals surface area contributed by atoms with Crippen LogP contribution in [0.25, 0.3) is 0 Å².